The SMILES string of the molecule is Cc1cccc(N/C(C#N)=C/S)c1. The van der Waals surface area contributed by atoms with Crippen molar-refractivity contribution in [2.24, 2.45) is 0 Å². The molecule has 0 aliphatic rings. The zero-order chi connectivity index (χ0) is 9.68. The summed E-state index contributed by atoms with van der Waals surface area (Å²) in [4.78, 5) is 0. The number of allylic oxidation sites excluding steroid dienone is 1. The van der Waals surface area contributed by atoms with Crippen LogP contribution in [0.15, 0.2) is 35.4 Å². The van der Waals surface area contributed by atoms with Crippen LogP contribution in [0.25, 0.3) is 0 Å². The Hall–Kier alpha value is -1.40. The van der Waals surface area contributed by atoms with E-state index in [1.54, 1.807) is 0 Å². The molecule has 0 heterocycles. The van der Waals surface area contributed by atoms with Gasteiger partial charge in [-0.2, -0.15) is 5.26 Å². The summed E-state index contributed by atoms with van der Waals surface area (Å²) < 4.78 is 0. The second-order valence-electron chi connectivity index (χ2n) is 2.65. The molecule has 0 bridgehead atoms. The zero-order valence-corrected chi connectivity index (χ0v) is 8.18. The molecule has 66 valence electrons. The maximum absolute atomic E-state index is 8.63. The Kier molecular flexibility index (Phi) is 3.41. The topological polar surface area (TPSA) is 35.8 Å². The van der Waals surface area contributed by atoms with Gasteiger partial charge in [0.15, 0.2) is 0 Å². The molecule has 1 aromatic rings. The number of anilines is 1. The molecular formula is C10H10N2S. The summed E-state index contributed by atoms with van der Waals surface area (Å²) in [6.45, 7) is 2.00. The van der Waals surface area contributed by atoms with Crippen LogP contribution < -0.4 is 5.32 Å². The minimum absolute atomic E-state index is 0.439. The van der Waals surface area contributed by atoms with Gasteiger partial charge in [-0.05, 0) is 24.6 Å². The number of hydrogen-bond acceptors (Lipinski definition) is 3. The fourth-order valence-corrected chi connectivity index (χ4v) is 1.09. The number of rotatable bonds is 2. The monoisotopic (exact) mass is 190 g/mol. The Morgan fingerprint density at radius 3 is 2.92 bits per heavy atom. The molecule has 0 spiro atoms. The van der Waals surface area contributed by atoms with Gasteiger partial charge in [0, 0.05) is 11.1 Å². The van der Waals surface area contributed by atoms with Crippen molar-refractivity contribution in [2.45, 2.75) is 6.92 Å². The lowest BCUT2D eigenvalue weighted by Gasteiger charge is -2.03. The lowest BCUT2D eigenvalue weighted by molar-refractivity contribution is 1.41. The molecule has 0 saturated heterocycles. The van der Waals surface area contributed by atoms with E-state index in [9.17, 15) is 0 Å². The van der Waals surface area contributed by atoms with Gasteiger partial charge in [-0.1, -0.05) is 12.1 Å². The van der Waals surface area contributed by atoms with Gasteiger partial charge in [0.1, 0.15) is 11.8 Å². The number of aryl methyl sites for hydroxylation is 1. The van der Waals surface area contributed by atoms with E-state index in [2.05, 4.69) is 17.9 Å². The Balaban J connectivity index is 2.81. The van der Waals surface area contributed by atoms with Crippen LogP contribution in [0.4, 0.5) is 5.69 Å². The van der Waals surface area contributed by atoms with Crippen LogP contribution in [-0.4, -0.2) is 0 Å². The molecule has 0 unspecified atom stereocenters. The smallest absolute Gasteiger partial charge is 0.124 e. The van der Waals surface area contributed by atoms with Crippen molar-refractivity contribution in [1.82, 2.24) is 0 Å². The molecule has 0 amide bonds. The molecule has 1 rings (SSSR count). The molecule has 1 N–H and O–H groups in total. The molecule has 3 heteroatoms. The Bertz CT molecular complexity index is 363. The molecule has 1 aromatic carbocycles. The number of hydrogen-bond donors (Lipinski definition) is 2. The van der Waals surface area contributed by atoms with E-state index in [4.69, 9.17) is 5.26 Å². The highest BCUT2D eigenvalue weighted by molar-refractivity contribution is 7.83. The van der Waals surface area contributed by atoms with Crippen molar-refractivity contribution in [3.63, 3.8) is 0 Å². The average Bonchev–Trinajstić information content (AvgIpc) is 2.14. The van der Waals surface area contributed by atoms with Crippen LogP contribution >= 0.6 is 12.6 Å². The number of thiol groups is 1. The molecule has 0 aliphatic heterocycles. The van der Waals surface area contributed by atoms with Gasteiger partial charge in [-0.25, -0.2) is 0 Å². The molecule has 0 atom stereocenters. The molecule has 0 saturated carbocycles. The largest absolute Gasteiger partial charge is 0.346 e. The quantitative estimate of drug-likeness (QED) is 0.555. The molecule has 0 aliphatic carbocycles. The van der Waals surface area contributed by atoms with E-state index in [0.717, 1.165) is 11.3 Å². The molecule has 2 nitrogen and oxygen atoms in total. The van der Waals surface area contributed by atoms with Crippen LogP contribution in [-0.2, 0) is 0 Å². The van der Waals surface area contributed by atoms with Crippen molar-refractivity contribution >= 4 is 18.3 Å². The van der Waals surface area contributed by atoms with Crippen LogP contribution in [0.2, 0.25) is 0 Å². The van der Waals surface area contributed by atoms with Crippen LogP contribution in [0.3, 0.4) is 0 Å². The first-order valence-electron chi connectivity index (χ1n) is 3.84. The van der Waals surface area contributed by atoms with Crippen molar-refractivity contribution in [1.29, 1.82) is 5.26 Å². The zero-order valence-electron chi connectivity index (χ0n) is 7.28. The van der Waals surface area contributed by atoms with E-state index in [0.29, 0.717) is 5.70 Å². The number of nitriles is 1. The summed E-state index contributed by atoms with van der Waals surface area (Å²) in [6.07, 6.45) is 0. The van der Waals surface area contributed by atoms with Gasteiger partial charge < -0.3 is 5.32 Å². The number of benzene rings is 1. The summed E-state index contributed by atoms with van der Waals surface area (Å²) in [5.41, 5.74) is 2.50. The normalized spacial score (nSPS) is 10.7. The molecule has 0 radical (unpaired) electrons. The van der Waals surface area contributed by atoms with E-state index in [-0.39, 0.29) is 0 Å². The van der Waals surface area contributed by atoms with Crippen LogP contribution in [0.1, 0.15) is 5.56 Å². The molecule has 0 aromatic heterocycles. The van der Waals surface area contributed by atoms with Gasteiger partial charge in [0.05, 0.1) is 0 Å². The number of nitrogens with zero attached hydrogens (tertiary/aromatic N) is 1. The highest BCUT2D eigenvalue weighted by Gasteiger charge is 1.94. The summed E-state index contributed by atoms with van der Waals surface area (Å²) in [5.74, 6) is 0. The fourth-order valence-electron chi connectivity index (χ4n) is 0.967. The minimum atomic E-state index is 0.439. The average molecular weight is 190 g/mol. The second kappa shape index (κ2) is 4.58. The first-order valence-corrected chi connectivity index (χ1v) is 4.36. The second-order valence-corrected chi connectivity index (χ2v) is 2.91. The summed E-state index contributed by atoms with van der Waals surface area (Å²) in [7, 11) is 0. The third-order valence-corrected chi connectivity index (χ3v) is 1.80. The van der Waals surface area contributed by atoms with E-state index in [1.165, 1.54) is 5.41 Å². The lowest BCUT2D eigenvalue weighted by Crippen LogP contribution is -1.95. The molecular weight excluding hydrogens is 180 g/mol. The van der Waals surface area contributed by atoms with Crippen molar-refractivity contribution in [2.75, 3.05) is 5.32 Å². The lowest BCUT2D eigenvalue weighted by atomic mass is 10.2. The Morgan fingerprint density at radius 1 is 1.62 bits per heavy atom. The Labute approximate surface area is 83.3 Å². The third kappa shape index (κ3) is 2.85. The third-order valence-electron chi connectivity index (χ3n) is 1.55. The van der Waals surface area contributed by atoms with Crippen molar-refractivity contribution in [3.8, 4) is 6.07 Å². The maximum Gasteiger partial charge on any atom is 0.124 e. The summed E-state index contributed by atoms with van der Waals surface area (Å²) >= 11 is 3.90. The van der Waals surface area contributed by atoms with Crippen LogP contribution in [0.5, 0.6) is 0 Å². The van der Waals surface area contributed by atoms with E-state index < -0.39 is 0 Å². The summed E-state index contributed by atoms with van der Waals surface area (Å²) in [5, 5.41) is 13.0. The predicted molar refractivity (Wildman–Crippen MR) is 57.5 cm³/mol. The number of nitrogens with one attached hydrogen (secondary N) is 1. The highest BCUT2D eigenvalue weighted by atomic mass is 32.1. The van der Waals surface area contributed by atoms with Gasteiger partial charge in [0.2, 0.25) is 0 Å². The van der Waals surface area contributed by atoms with Gasteiger partial charge in [-0.15, -0.1) is 12.6 Å². The summed E-state index contributed by atoms with van der Waals surface area (Å²) in [6, 6.07) is 9.80. The first-order chi connectivity index (χ1) is 6.26. The molecule has 13 heavy (non-hydrogen) atoms. The maximum atomic E-state index is 8.63. The minimum Gasteiger partial charge on any atom is -0.346 e. The van der Waals surface area contributed by atoms with Crippen molar-refractivity contribution in [3.05, 3.63) is 40.9 Å². The fraction of sp³-hybridized carbons (Fsp3) is 0.100. The standard InChI is InChI=1S/C10H10N2S/c1-8-3-2-4-9(5-8)12-10(6-11)7-13/h2-5,7,12-13H,1H3/b10-7+. The van der Waals surface area contributed by atoms with E-state index in [1.807, 2.05) is 37.3 Å². The van der Waals surface area contributed by atoms with Crippen LogP contribution in [0, 0.1) is 18.3 Å². The first kappa shape index (κ1) is 9.69. The Morgan fingerprint density at radius 2 is 2.38 bits per heavy atom. The van der Waals surface area contributed by atoms with Gasteiger partial charge in [-0.3, -0.25) is 0 Å². The van der Waals surface area contributed by atoms with Gasteiger partial charge >= 0.3 is 0 Å². The van der Waals surface area contributed by atoms with Gasteiger partial charge in [0.25, 0.3) is 0 Å². The van der Waals surface area contributed by atoms with E-state index >= 15 is 0 Å². The van der Waals surface area contributed by atoms with Crippen molar-refractivity contribution < 1.29 is 0 Å². The molecule has 0 fully saturated rings. The predicted octanol–water partition coefficient (Wildman–Crippen LogP) is 2.70. The highest BCUT2D eigenvalue weighted by Crippen LogP contribution is 2.11.